The monoisotopic (exact) mass is 297 g/mol. The third kappa shape index (κ3) is 4.01. The number of nitrogens with one attached hydrogen (secondary N) is 1. The van der Waals surface area contributed by atoms with E-state index in [0.717, 1.165) is 49.1 Å². The molecule has 1 aliphatic heterocycles. The van der Waals surface area contributed by atoms with Gasteiger partial charge in [-0.25, -0.2) is 4.98 Å². The first kappa shape index (κ1) is 14.9. The van der Waals surface area contributed by atoms with Crippen LogP contribution >= 0.6 is 0 Å². The van der Waals surface area contributed by atoms with Gasteiger partial charge in [-0.2, -0.15) is 0 Å². The molecule has 2 aromatic rings. The van der Waals surface area contributed by atoms with Crippen LogP contribution in [0.15, 0.2) is 30.6 Å². The quantitative estimate of drug-likeness (QED) is 0.918. The SMILES string of the molecule is Cc1cnc(CN2CC[C@@H](CNc3cccc(C)n3)C2)cn1. The third-order valence-electron chi connectivity index (χ3n) is 4.05. The van der Waals surface area contributed by atoms with E-state index in [0.29, 0.717) is 5.92 Å². The maximum Gasteiger partial charge on any atom is 0.126 e. The van der Waals surface area contributed by atoms with Gasteiger partial charge in [0, 0.05) is 37.7 Å². The number of hydrogen-bond acceptors (Lipinski definition) is 5. The zero-order chi connectivity index (χ0) is 15.4. The zero-order valence-corrected chi connectivity index (χ0v) is 13.3. The predicted octanol–water partition coefficient (Wildman–Crippen LogP) is 2.42. The Labute approximate surface area is 131 Å². The molecular weight excluding hydrogens is 274 g/mol. The predicted molar refractivity (Wildman–Crippen MR) is 87.6 cm³/mol. The van der Waals surface area contributed by atoms with Gasteiger partial charge < -0.3 is 5.32 Å². The van der Waals surface area contributed by atoms with Crippen LogP contribution in [0.4, 0.5) is 5.82 Å². The average Bonchev–Trinajstić information content (AvgIpc) is 2.95. The third-order valence-corrected chi connectivity index (χ3v) is 4.05. The van der Waals surface area contributed by atoms with Gasteiger partial charge >= 0.3 is 0 Å². The van der Waals surface area contributed by atoms with Crippen molar-refractivity contribution in [1.29, 1.82) is 0 Å². The maximum atomic E-state index is 4.49. The fraction of sp³-hybridized carbons (Fsp3) is 0.471. The molecule has 0 spiro atoms. The lowest BCUT2D eigenvalue weighted by molar-refractivity contribution is 0.314. The van der Waals surface area contributed by atoms with E-state index in [2.05, 4.69) is 25.2 Å². The van der Waals surface area contributed by atoms with Crippen molar-refractivity contribution in [2.45, 2.75) is 26.8 Å². The molecule has 0 amide bonds. The summed E-state index contributed by atoms with van der Waals surface area (Å²) in [5.41, 5.74) is 3.08. The van der Waals surface area contributed by atoms with E-state index in [4.69, 9.17) is 0 Å². The van der Waals surface area contributed by atoms with Crippen LogP contribution in [-0.4, -0.2) is 39.5 Å². The molecule has 5 nitrogen and oxygen atoms in total. The molecule has 3 rings (SSSR count). The van der Waals surface area contributed by atoms with E-state index in [1.54, 1.807) is 0 Å². The summed E-state index contributed by atoms with van der Waals surface area (Å²) < 4.78 is 0. The van der Waals surface area contributed by atoms with E-state index in [9.17, 15) is 0 Å². The standard InChI is InChI=1S/C17H23N5/c1-13-4-3-5-17(21-13)20-9-15-6-7-22(11-15)12-16-10-18-14(2)8-19-16/h3-5,8,10,15H,6-7,9,11-12H2,1-2H3,(H,20,21)/t15-/m0/s1. The second-order valence-corrected chi connectivity index (χ2v) is 6.08. The molecule has 3 heterocycles. The van der Waals surface area contributed by atoms with Crippen LogP contribution in [0.2, 0.25) is 0 Å². The molecule has 1 atom stereocenters. The summed E-state index contributed by atoms with van der Waals surface area (Å²) in [6.45, 7) is 8.09. The number of rotatable bonds is 5. The van der Waals surface area contributed by atoms with Crippen LogP contribution in [0.25, 0.3) is 0 Å². The molecular formula is C17H23N5. The molecule has 0 radical (unpaired) electrons. The molecule has 0 saturated carbocycles. The first-order chi connectivity index (χ1) is 10.7. The van der Waals surface area contributed by atoms with Crippen molar-refractivity contribution in [2.75, 3.05) is 25.0 Å². The van der Waals surface area contributed by atoms with Gasteiger partial charge in [-0.1, -0.05) is 6.07 Å². The number of pyridine rings is 1. The number of hydrogen-bond donors (Lipinski definition) is 1. The average molecular weight is 297 g/mol. The summed E-state index contributed by atoms with van der Waals surface area (Å²) in [5, 5.41) is 3.45. The number of aryl methyl sites for hydroxylation is 2. The van der Waals surface area contributed by atoms with Gasteiger partial charge in [0.15, 0.2) is 0 Å². The normalized spacial score (nSPS) is 18.5. The first-order valence-electron chi connectivity index (χ1n) is 7.86. The highest BCUT2D eigenvalue weighted by atomic mass is 15.2. The minimum atomic E-state index is 0.667. The zero-order valence-electron chi connectivity index (χ0n) is 13.3. The van der Waals surface area contributed by atoms with Gasteiger partial charge in [-0.3, -0.25) is 14.9 Å². The van der Waals surface area contributed by atoms with Crippen molar-refractivity contribution in [1.82, 2.24) is 19.9 Å². The van der Waals surface area contributed by atoms with Gasteiger partial charge in [-0.15, -0.1) is 0 Å². The molecule has 116 valence electrons. The van der Waals surface area contributed by atoms with Gasteiger partial charge in [0.05, 0.1) is 11.4 Å². The number of aromatic nitrogens is 3. The summed E-state index contributed by atoms with van der Waals surface area (Å²) in [6, 6.07) is 6.09. The second-order valence-electron chi connectivity index (χ2n) is 6.08. The molecule has 1 fully saturated rings. The smallest absolute Gasteiger partial charge is 0.126 e. The van der Waals surface area contributed by atoms with Crippen molar-refractivity contribution in [2.24, 2.45) is 5.92 Å². The summed E-state index contributed by atoms with van der Waals surface area (Å²) in [4.78, 5) is 15.7. The fourth-order valence-electron chi connectivity index (χ4n) is 2.84. The number of anilines is 1. The summed E-state index contributed by atoms with van der Waals surface area (Å²) in [5.74, 6) is 1.64. The van der Waals surface area contributed by atoms with E-state index in [-0.39, 0.29) is 0 Å². The molecule has 0 aromatic carbocycles. The lowest BCUT2D eigenvalue weighted by Crippen LogP contribution is -2.23. The van der Waals surface area contributed by atoms with Gasteiger partial charge in [0.1, 0.15) is 5.82 Å². The lowest BCUT2D eigenvalue weighted by Gasteiger charge is -2.16. The van der Waals surface area contributed by atoms with Crippen LogP contribution < -0.4 is 5.32 Å². The highest BCUT2D eigenvalue weighted by Gasteiger charge is 2.22. The molecule has 1 saturated heterocycles. The second kappa shape index (κ2) is 6.83. The number of likely N-dealkylation sites (tertiary alicyclic amines) is 1. The Morgan fingerprint density at radius 1 is 1.18 bits per heavy atom. The topological polar surface area (TPSA) is 53.9 Å². The summed E-state index contributed by atoms with van der Waals surface area (Å²) in [6.07, 6.45) is 4.95. The van der Waals surface area contributed by atoms with Crippen LogP contribution in [0, 0.1) is 19.8 Å². The van der Waals surface area contributed by atoms with Crippen LogP contribution in [-0.2, 0) is 6.54 Å². The van der Waals surface area contributed by atoms with Gasteiger partial charge in [0.25, 0.3) is 0 Å². The van der Waals surface area contributed by atoms with Crippen molar-refractivity contribution >= 4 is 5.82 Å². The number of nitrogens with zero attached hydrogens (tertiary/aromatic N) is 4. The van der Waals surface area contributed by atoms with Gasteiger partial charge in [0.2, 0.25) is 0 Å². The minimum Gasteiger partial charge on any atom is -0.370 e. The Hall–Kier alpha value is -2.01. The maximum absolute atomic E-state index is 4.49. The molecule has 2 aromatic heterocycles. The molecule has 0 unspecified atom stereocenters. The van der Waals surface area contributed by atoms with Gasteiger partial charge in [-0.05, 0) is 44.9 Å². The van der Waals surface area contributed by atoms with Crippen LogP contribution in [0.1, 0.15) is 23.5 Å². The summed E-state index contributed by atoms with van der Waals surface area (Å²) in [7, 11) is 0. The Bertz CT molecular complexity index is 611. The Kier molecular flexibility index (Phi) is 4.63. The molecule has 1 aliphatic rings. The van der Waals surface area contributed by atoms with E-state index in [1.165, 1.54) is 6.42 Å². The van der Waals surface area contributed by atoms with Crippen molar-refractivity contribution in [3.8, 4) is 0 Å². The van der Waals surface area contributed by atoms with Crippen LogP contribution in [0.5, 0.6) is 0 Å². The highest BCUT2D eigenvalue weighted by molar-refractivity contribution is 5.35. The lowest BCUT2D eigenvalue weighted by atomic mass is 10.1. The molecule has 1 N–H and O–H groups in total. The summed E-state index contributed by atoms with van der Waals surface area (Å²) >= 11 is 0. The van der Waals surface area contributed by atoms with Crippen molar-refractivity contribution < 1.29 is 0 Å². The van der Waals surface area contributed by atoms with Crippen molar-refractivity contribution in [3.05, 3.63) is 47.7 Å². The molecule has 22 heavy (non-hydrogen) atoms. The Morgan fingerprint density at radius 2 is 2.09 bits per heavy atom. The molecule has 0 aliphatic carbocycles. The van der Waals surface area contributed by atoms with E-state index < -0.39 is 0 Å². The largest absolute Gasteiger partial charge is 0.370 e. The first-order valence-corrected chi connectivity index (χ1v) is 7.86. The Morgan fingerprint density at radius 3 is 2.86 bits per heavy atom. The molecule has 0 bridgehead atoms. The molecule has 5 heteroatoms. The van der Waals surface area contributed by atoms with E-state index in [1.807, 2.05) is 44.4 Å². The van der Waals surface area contributed by atoms with E-state index >= 15 is 0 Å². The van der Waals surface area contributed by atoms with Crippen molar-refractivity contribution in [3.63, 3.8) is 0 Å². The minimum absolute atomic E-state index is 0.667. The Balaban J connectivity index is 1.47. The fourth-order valence-corrected chi connectivity index (χ4v) is 2.84. The van der Waals surface area contributed by atoms with Crippen LogP contribution in [0.3, 0.4) is 0 Å². The highest BCUT2D eigenvalue weighted by Crippen LogP contribution is 2.18.